The second-order valence-corrected chi connectivity index (χ2v) is 4.74. The lowest BCUT2D eigenvalue weighted by molar-refractivity contribution is -0.140. The maximum Gasteiger partial charge on any atom is 0.315 e. The lowest BCUT2D eigenvalue weighted by Gasteiger charge is -2.03. The van der Waals surface area contributed by atoms with Crippen LogP contribution in [0, 0.1) is 6.92 Å². The molecule has 4 heteroatoms. The SMILES string of the molecule is Cc1ccccc1-c1nc(C2(C(=O)O)CC2)co1. The normalized spacial score (nSPS) is 16.5. The summed E-state index contributed by atoms with van der Waals surface area (Å²) in [4.78, 5) is 15.6. The third-order valence-corrected chi connectivity index (χ3v) is 3.53. The van der Waals surface area contributed by atoms with Gasteiger partial charge in [0.2, 0.25) is 5.89 Å². The highest BCUT2D eigenvalue weighted by Gasteiger charge is 2.54. The Hall–Kier alpha value is -2.10. The van der Waals surface area contributed by atoms with E-state index in [9.17, 15) is 9.90 Å². The first kappa shape index (κ1) is 11.0. The number of aromatic nitrogens is 1. The highest BCUT2D eigenvalue weighted by molar-refractivity contribution is 5.84. The molecule has 4 nitrogen and oxygen atoms in total. The second kappa shape index (κ2) is 3.70. The summed E-state index contributed by atoms with van der Waals surface area (Å²) in [6.45, 7) is 1.98. The highest BCUT2D eigenvalue weighted by Crippen LogP contribution is 2.48. The van der Waals surface area contributed by atoms with Crippen molar-refractivity contribution in [1.82, 2.24) is 4.98 Å². The van der Waals surface area contributed by atoms with E-state index in [1.165, 1.54) is 6.26 Å². The van der Waals surface area contributed by atoms with Crippen LogP contribution in [0.15, 0.2) is 34.9 Å². The molecule has 0 amide bonds. The van der Waals surface area contributed by atoms with E-state index in [0.29, 0.717) is 24.4 Å². The van der Waals surface area contributed by atoms with E-state index in [-0.39, 0.29) is 0 Å². The average molecular weight is 243 g/mol. The predicted molar refractivity (Wildman–Crippen MR) is 65.2 cm³/mol. The molecule has 1 aromatic carbocycles. The summed E-state index contributed by atoms with van der Waals surface area (Å²) >= 11 is 0. The van der Waals surface area contributed by atoms with Gasteiger partial charge in [0.25, 0.3) is 0 Å². The zero-order chi connectivity index (χ0) is 12.8. The van der Waals surface area contributed by atoms with Crippen molar-refractivity contribution in [1.29, 1.82) is 0 Å². The minimum Gasteiger partial charge on any atom is -0.481 e. The molecule has 1 aromatic heterocycles. The number of carbonyl (C=O) groups is 1. The molecule has 0 atom stereocenters. The van der Waals surface area contributed by atoms with Gasteiger partial charge in [0.15, 0.2) is 0 Å². The van der Waals surface area contributed by atoms with Crippen molar-refractivity contribution in [3.8, 4) is 11.5 Å². The first-order valence-electron chi connectivity index (χ1n) is 5.89. The molecular formula is C14H13NO3. The summed E-state index contributed by atoms with van der Waals surface area (Å²) in [6.07, 6.45) is 2.76. The summed E-state index contributed by atoms with van der Waals surface area (Å²) in [5, 5.41) is 9.21. The van der Waals surface area contributed by atoms with E-state index in [2.05, 4.69) is 4.98 Å². The standard InChI is InChI=1S/C14H13NO3/c1-9-4-2-3-5-10(9)12-15-11(8-18-12)14(6-7-14)13(16)17/h2-5,8H,6-7H2,1H3,(H,16,17). The highest BCUT2D eigenvalue weighted by atomic mass is 16.4. The lowest BCUT2D eigenvalue weighted by atomic mass is 10.0. The molecule has 1 heterocycles. The Bertz CT molecular complexity index is 611. The van der Waals surface area contributed by atoms with Gasteiger partial charge in [-0.15, -0.1) is 0 Å². The summed E-state index contributed by atoms with van der Waals surface area (Å²) < 4.78 is 5.43. The first-order chi connectivity index (χ1) is 8.63. The van der Waals surface area contributed by atoms with E-state index in [1.54, 1.807) is 0 Å². The Kier molecular flexibility index (Phi) is 2.26. The fourth-order valence-electron chi connectivity index (χ4n) is 2.13. The van der Waals surface area contributed by atoms with Crippen molar-refractivity contribution in [2.24, 2.45) is 0 Å². The molecule has 0 aliphatic heterocycles. The van der Waals surface area contributed by atoms with Crippen LogP contribution in [0.3, 0.4) is 0 Å². The molecule has 3 rings (SSSR count). The van der Waals surface area contributed by atoms with Gasteiger partial charge in [-0.25, -0.2) is 4.98 Å². The largest absolute Gasteiger partial charge is 0.481 e. The van der Waals surface area contributed by atoms with Crippen LogP contribution < -0.4 is 0 Å². The fourth-order valence-corrected chi connectivity index (χ4v) is 2.13. The quantitative estimate of drug-likeness (QED) is 0.900. The summed E-state index contributed by atoms with van der Waals surface area (Å²) in [5.41, 5.74) is 1.70. The van der Waals surface area contributed by atoms with Crippen LogP contribution in [0.25, 0.3) is 11.5 Å². The van der Waals surface area contributed by atoms with Gasteiger partial charge in [0.1, 0.15) is 11.7 Å². The lowest BCUT2D eigenvalue weighted by Crippen LogP contribution is -2.19. The van der Waals surface area contributed by atoms with Crippen LogP contribution in [-0.2, 0) is 10.2 Å². The first-order valence-corrected chi connectivity index (χ1v) is 5.89. The van der Waals surface area contributed by atoms with Crippen LogP contribution >= 0.6 is 0 Å². The molecule has 0 bridgehead atoms. The van der Waals surface area contributed by atoms with Crippen LogP contribution in [0.2, 0.25) is 0 Å². The molecule has 1 aliphatic carbocycles. The Morgan fingerprint density at radius 2 is 2.11 bits per heavy atom. The number of rotatable bonds is 3. The van der Waals surface area contributed by atoms with Gasteiger partial charge >= 0.3 is 5.97 Å². The van der Waals surface area contributed by atoms with Gasteiger partial charge in [-0.1, -0.05) is 18.2 Å². The minimum atomic E-state index is -0.813. The zero-order valence-corrected chi connectivity index (χ0v) is 10.0. The molecule has 0 spiro atoms. The monoisotopic (exact) mass is 243 g/mol. The van der Waals surface area contributed by atoms with Gasteiger partial charge in [0.05, 0.1) is 5.69 Å². The molecule has 1 aliphatic rings. The van der Waals surface area contributed by atoms with E-state index in [0.717, 1.165) is 11.1 Å². The topological polar surface area (TPSA) is 63.3 Å². The molecule has 0 saturated heterocycles. The van der Waals surface area contributed by atoms with Gasteiger partial charge in [0, 0.05) is 5.56 Å². The van der Waals surface area contributed by atoms with E-state index >= 15 is 0 Å². The fraction of sp³-hybridized carbons (Fsp3) is 0.286. The number of aryl methyl sites for hydroxylation is 1. The van der Waals surface area contributed by atoms with Crippen molar-refractivity contribution >= 4 is 5.97 Å². The Labute approximate surface area is 104 Å². The third-order valence-electron chi connectivity index (χ3n) is 3.53. The number of nitrogens with zero attached hydrogens (tertiary/aromatic N) is 1. The smallest absolute Gasteiger partial charge is 0.315 e. The molecule has 1 N–H and O–H groups in total. The van der Waals surface area contributed by atoms with Crippen molar-refractivity contribution in [3.63, 3.8) is 0 Å². The predicted octanol–water partition coefficient (Wildman–Crippen LogP) is 2.77. The van der Waals surface area contributed by atoms with Gasteiger partial charge in [-0.3, -0.25) is 4.79 Å². The third kappa shape index (κ3) is 1.53. The summed E-state index contributed by atoms with van der Waals surface area (Å²) in [6, 6.07) is 7.76. The molecule has 92 valence electrons. The molecule has 0 unspecified atom stereocenters. The van der Waals surface area contributed by atoms with E-state index < -0.39 is 11.4 Å². The molecule has 18 heavy (non-hydrogen) atoms. The van der Waals surface area contributed by atoms with Gasteiger partial charge < -0.3 is 9.52 Å². The second-order valence-electron chi connectivity index (χ2n) is 4.74. The number of aliphatic carboxylic acids is 1. The number of oxazole rings is 1. The molecule has 0 radical (unpaired) electrons. The Morgan fingerprint density at radius 3 is 2.72 bits per heavy atom. The van der Waals surface area contributed by atoms with Crippen molar-refractivity contribution in [2.45, 2.75) is 25.2 Å². The number of carboxylic acid groups (broad SMARTS) is 1. The van der Waals surface area contributed by atoms with Crippen LogP contribution in [-0.4, -0.2) is 16.1 Å². The minimum absolute atomic E-state index is 0.496. The maximum atomic E-state index is 11.2. The summed E-state index contributed by atoms with van der Waals surface area (Å²) in [7, 11) is 0. The van der Waals surface area contributed by atoms with Gasteiger partial charge in [-0.05, 0) is 31.4 Å². The van der Waals surface area contributed by atoms with E-state index in [1.807, 2.05) is 31.2 Å². The van der Waals surface area contributed by atoms with Crippen molar-refractivity contribution in [3.05, 3.63) is 41.8 Å². The summed E-state index contributed by atoms with van der Waals surface area (Å²) in [5.74, 6) is -0.317. The maximum absolute atomic E-state index is 11.2. The molecule has 2 aromatic rings. The average Bonchev–Trinajstić information content (AvgIpc) is 3.03. The van der Waals surface area contributed by atoms with Crippen molar-refractivity contribution < 1.29 is 14.3 Å². The zero-order valence-electron chi connectivity index (χ0n) is 10.0. The van der Waals surface area contributed by atoms with Gasteiger partial charge in [-0.2, -0.15) is 0 Å². The Morgan fingerprint density at radius 1 is 1.39 bits per heavy atom. The van der Waals surface area contributed by atoms with Crippen LogP contribution in [0.5, 0.6) is 0 Å². The van der Waals surface area contributed by atoms with Crippen molar-refractivity contribution in [2.75, 3.05) is 0 Å². The number of hydrogen-bond donors (Lipinski definition) is 1. The van der Waals surface area contributed by atoms with Crippen LogP contribution in [0.1, 0.15) is 24.1 Å². The molecule has 1 saturated carbocycles. The Balaban J connectivity index is 2.01. The molecular weight excluding hydrogens is 230 g/mol. The number of carboxylic acids is 1. The van der Waals surface area contributed by atoms with E-state index in [4.69, 9.17) is 4.42 Å². The van der Waals surface area contributed by atoms with Crippen LogP contribution in [0.4, 0.5) is 0 Å². The number of benzene rings is 1. The number of hydrogen-bond acceptors (Lipinski definition) is 3. The molecule has 1 fully saturated rings.